The summed E-state index contributed by atoms with van der Waals surface area (Å²) >= 11 is 0. The molecule has 1 nitrogen and oxygen atoms in total. The fourth-order valence-electron chi connectivity index (χ4n) is 2.82. The fraction of sp³-hybridized carbons (Fsp3) is 0.500. The Balaban J connectivity index is 2.08. The van der Waals surface area contributed by atoms with Gasteiger partial charge in [-0.3, -0.25) is 4.79 Å². The standard InChI is InChI=1S/C10H9FO/c11-10-6-1-2-7(10)9-5(6)3-4-8(9)12/h1-7,9-10H. The van der Waals surface area contributed by atoms with Crippen LogP contribution in [-0.2, 0) is 4.79 Å². The van der Waals surface area contributed by atoms with Crippen LogP contribution in [0.1, 0.15) is 0 Å². The van der Waals surface area contributed by atoms with Crippen molar-refractivity contribution in [3.63, 3.8) is 0 Å². The minimum Gasteiger partial charge on any atom is -0.295 e. The summed E-state index contributed by atoms with van der Waals surface area (Å²) in [5.74, 6) is 0.0993. The zero-order valence-corrected chi connectivity index (χ0v) is 6.48. The van der Waals surface area contributed by atoms with E-state index in [9.17, 15) is 9.18 Å². The molecule has 3 aliphatic rings. The zero-order chi connectivity index (χ0) is 8.29. The molecule has 0 spiro atoms. The molecule has 3 aliphatic carbocycles. The highest BCUT2D eigenvalue weighted by Crippen LogP contribution is 2.52. The molecule has 3 rings (SSSR count). The maximum absolute atomic E-state index is 13.4. The maximum Gasteiger partial charge on any atom is 0.159 e. The molecule has 0 amide bonds. The van der Waals surface area contributed by atoms with Gasteiger partial charge in [0.15, 0.2) is 5.78 Å². The molecular weight excluding hydrogens is 155 g/mol. The molecular formula is C10H9FO. The van der Waals surface area contributed by atoms with Crippen LogP contribution in [0.25, 0.3) is 0 Å². The minimum absolute atomic E-state index is 0.0114. The second kappa shape index (κ2) is 1.87. The van der Waals surface area contributed by atoms with Crippen LogP contribution in [0, 0.1) is 23.7 Å². The molecule has 1 saturated carbocycles. The predicted molar refractivity (Wildman–Crippen MR) is 42.1 cm³/mol. The molecule has 0 radical (unpaired) electrons. The fourth-order valence-corrected chi connectivity index (χ4v) is 2.82. The summed E-state index contributed by atoms with van der Waals surface area (Å²) in [6.45, 7) is 0. The van der Waals surface area contributed by atoms with Gasteiger partial charge in [0, 0.05) is 17.8 Å². The average molecular weight is 164 g/mol. The number of carbonyl (C=O) groups is 1. The number of carbonyl (C=O) groups excluding carboxylic acids is 1. The lowest BCUT2D eigenvalue weighted by atomic mass is 9.85. The molecule has 1 fully saturated rings. The van der Waals surface area contributed by atoms with Gasteiger partial charge in [0.05, 0.1) is 0 Å². The molecule has 0 aromatic carbocycles. The lowest BCUT2D eigenvalue weighted by Gasteiger charge is -2.16. The lowest BCUT2D eigenvalue weighted by Crippen LogP contribution is -2.20. The molecule has 2 heteroatoms. The van der Waals surface area contributed by atoms with Gasteiger partial charge in [-0.15, -0.1) is 0 Å². The van der Waals surface area contributed by atoms with E-state index >= 15 is 0 Å². The molecule has 5 unspecified atom stereocenters. The van der Waals surface area contributed by atoms with Gasteiger partial charge < -0.3 is 0 Å². The van der Waals surface area contributed by atoms with Gasteiger partial charge in [0.25, 0.3) is 0 Å². The van der Waals surface area contributed by atoms with Gasteiger partial charge >= 0.3 is 0 Å². The molecule has 0 heterocycles. The Morgan fingerprint density at radius 2 is 1.83 bits per heavy atom. The summed E-state index contributed by atoms with van der Waals surface area (Å²) in [4.78, 5) is 11.3. The van der Waals surface area contributed by atoms with Crippen molar-refractivity contribution in [1.82, 2.24) is 0 Å². The van der Waals surface area contributed by atoms with E-state index in [4.69, 9.17) is 0 Å². The van der Waals surface area contributed by atoms with Gasteiger partial charge in [-0.1, -0.05) is 18.2 Å². The Morgan fingerprint density at radius 1 is 1.08 bits per heavy atom. The van der Waals surface area contributed by atoms with Crippen LogP contribution >= 0.6 is 0 Å². The topological polar surface area (TPSA) is 17.1 Å². The van der Waals surface area contributed by atoms with Gasteiger partial charge in [0.2, 0.25) is 0 Å². The van der Waals surface area contributed by atoms with Crippen molar-refractivity contribution in [3.8, 4) is 0 Å². The minimum atomic E-state index is -0.797. The first-order chi connectivity index (χ1) is 5.79. The predicted octanol–water partition coefficient (Wildman–Crippen LogP) is 1.51. The summed E-state index contributed by atoms with van der Waals surface area (Å²) in [6.07, 6.45) is 6.51. The summed E-state index contributed by atoms with van der Waals surface area (Å²) in [6, 6.07) is 0. The van der Waals surface area contributed by atoms with Crippen LogP contribution < -0.4 is 0 Å². The van der Waals surface area contributed by atoms with Crippen molar-refractivity contribution in [2.45, 2.75) is 6.17 Å². The third-order valence-electron chi connectivity index (χ3n) is 3.38. The van der Waals surface area contributed by atoms with E-state index in [2.05, 4.69) is 0 Å². The number of hydrogen-bond donors (Lipinski definition) is 0. The van der Waals surface area contributed by atoms with Crippen molar-refractivity contribution in [3.05, 3.63) is 24.3 Å². The summed E-state index contributed by atoms with van der Waals surface area (Å²) in [5, 5.41) is 0. The van der Waals surface area contributed by atoms with E-state index < -0.39 is 6.17 Å². The Morgan fingerprint density at radius 3 is 2.58 bits per heavy atom. The molecule has 0 aromatic rings. The van der Waals surface area contributed by atoms with E-state index in [1.165, 1.54) is 0 Å². The van der Waals surface area contributed by atoms with Crippen molar-refractivity contribution in [1.29, 1.82) is 0 Å². The quantitative estimate of drug-likeness (QED) is 0.496. The monoisotopic (exact) mass is 164 g/mol. The highest BCUT2D eigenvalue weighted by Gasteiger charge is 2.55. The summed E-state index contributed by atoms with van der Waals surface area (Å²) in [7, 11) is 0. The van der Waals surface area contributed by atoms with Gasteiger partial charge in [-0.25, -0.2) is 4.39 Å². The van der Waals surface area contributed by atoms with E-state index in [1.807, 2.05) is 18.2 Å². The number of ketones is 1. The molecule has 62 valence electrons. The Bertz CT molecular complexity index is 305. The van der Waals surface area contributed by atoms with E-state index in [0.717, 1.165) is 0 Å². The van der Waals surface area contributed by atoms with Gasteiger partial charge in [-0.05, 0) is 12.0 Å². The molecule has 0 saturated heterocycles. The normalized spacial score (nSPS) is 53.8. The lowest BCUT2D eigenvalue weighted by molar-refractivity contribution is -0.118. The second-order valence-corrected chi connectivity index (χ2v) is 3.85. The maximum atomic E-state index is 13.4. The molecule has 5 atom stereocenters. The van der Waals surface area contributed by atoms with Crippen LogP contribution in [0.15, 0.2) is 24.3 Å². The SMILES string of the molecule is O=C1C=CC2C3C=CC(C3F)C12. The molecule has 12 heavy (non-hydrogen) atoms. The third-order valence-corrected chi connectivity index (χ3v) is 3.38. The largest absolute Gasteiger partial charge is 0.295 e. The van der Waals surface area contributed by atoms with Gasteiger partial charge in [0.1, 0.15) is 6.17 Å². The number of alkyl halides is 1. The van der Waals surface area contributed by atoms with Crippen molar-refractivity contribution in [2.24, 2.45) is 23.7 Å². The van der Waals surface area contributed by atoms with Crippen LogP contribution in [0.2, 0.25) is 0 Å². The Kier molecular flexibility index (Phi) is 1.03. The molecule has 2 bridgehead atoms. The number of allylic oxidation sites excluding steroid dienone is 4. The van der Waals surface area contributed by atoms with Crippen molar-refractivity contribution < 1.29 is 9.18 Å². The van der Waals surface area contributed by atoms with Crippen molar-refractivity contribution in [2.75, 3.05) is 0 Å². The van der Waals surface area contributed by atoms with Crippen LogP contribution in [0.4, 0.5) is 4.39 Å². The average Bonchev–Trinajstić information content (AvgIpc) is 2.66. The van der Waals surface area contributed by atoms with E-state index in [0.29, 0.717) is 0 Å². The summed E-state index contributed by atoms with van der Waals surface area (Å²) < 4.78 is 13.4. The number of rotatable bonds is 0. The second-order valence-electron chi connectivity index (χ2n) is 3.85. The van der Waals surface area contributed by atoms with Crippen molar-refractivity contribution >= 4 is 5.78 Å². The first-order valence-electron chi connectivity index (χ1n) is 4.33. The van der Waals surface area contributed by atoms with Crippen LogP contribution in [-0.4, -0.2) is 12.0 Å². The number of hydrogen-bond acceptors (Lipinski definition) is 1. The number of halogens is 1. The first-order valence-corrected chi connectivity index (χ1v) is 4.33. The highest BCUT2D eigenvalue weighted by atomic mass is 19.1. The zero-order valence-electron chi connectivity index (χ0n) is 6.48. The van der Waals surface area contributed by atoms with Crippen LogP contribution in [0.5, 0.6) is 0 Å². The molecule has 0 aromatic heterocycles. The highest BCUT2D eigenvalue weighted by molar-refractivity contribution is 5.95. The Labute approximate surface area is 70.0 Å². The van der Waals surface area contributed by atoms with Gasteiger partial charge in [-0.2, -0.15) is 0 Å². The van der Waals surface area contributed by atoms with E-state index in [1.54, 1.807) is 6.08 Å². The molecule has 0 N–H and O–H groups in total. The van der Waals surface area contributed by atoms with E-state index in [-0.39, 0.29) is 29.5 Å². The third kappa shape index (κ3) is 0.542. The van der Waals surface area contributed by atoms with Crippen LogP contribution in [0.3, 0.4) is 0 Å². The first kappa shape index (κ1) is 6.58. The number of fused-ring (bicyclic) bond motifs is 5. The smallest absolute Gasteiger partial charge is 0.159 e. The molecule has 0 aliphatic heterocycles. The summed E-state index contributed by atoms with van der Waals surface area (Å²) in [5.41, 5.74) is 0. The Hall–Kier alpha value is -0.920.